The topological polar surface area (TPSA) is 71.7 Å². The van der Waals surface area contributed by atoms with E-state index in [2.05, 4.69) is 5.32 Å². The second kappa shape index (κ2) is 5.72. The number of aliphatic hydroxyl groups is 1. The highest BCUT2D eigenvalue weighted by atomic mass is 16.6. The van der Waals surface area contributed by atoms with Gasteiger partial charge in [-0.3, -0.25) is 0 Å². The second-order valence-electron chi connectivity index (χ2n) is 4.86. The summed E-state index contributed by atoms with van der Waals surface area (Å²) in [6, 6.07) is 1.42. The molecule has 96 valence electrons. The fourth-order valence-electron chi connectivity index (χ4n) is 1.33. The van der Waals surface area contributed by atoms with Crippen LogP contribution in [0.3, 0.4) is 0 Å². The average molecular weight is 241 g/mol. The van der Waals surface area contributed by atoms with E-state index in [1.807, 2.05) is 0 Å². The van der Waals surface area contributed by atoms with E-state index >= 15 is 0 Å². The molecule has 0 aliphatic rings. The maximum atomic E-state index is 11.5. The zero-order chi connectivity index (χ0) is 12.9. The third kappa shape index (κ3) is 5.40. The Bertz CT molecular complexity index is 340. The van der Waals surface area contributed by atoms with E-state index in [-0.39, 0.29) is 12.6 Å². The van der Waals surface area contributed by atoms with Gasteiger partial charge in [-0.25, -0.2) is 4.79 Å². The zero-order valence-electron chi connectivity index (χ0n) is 10.4. The highest BCUT2D eigenvalue weighted by molar-refractivity contribution is 5.68. The van der Waals surface area contributed by atoms with Gasteiger partial charge >= 0.3 is 6.09 Å². The van der Waals surface area contributed by atoms with Crippen molar-refractivity contribution >= 4 is 6.09 Å². The lowest BCUT2D eigenvalue weighted by molar-refractivity contribution is 0.0483. The van der Waals surface area contributed by atoms with Crippen molar-refractivity contribution < 1.29 is 19.1 Å². The van der Waals surface area contributed by atoms with Crippen molar-refractivity contribution in [1.29, 1.82) is 0 Å². The zero-order valence-corrected chi connectivity index (χ0v) is 10.4. The van der Waals surface area contributed by atoms with Gasteiger partial charge in [-0.15, -0.1) is 0 Å². The highest BCUT2D eigenvalue weighted by Crippen LogP contribution is 2.08. The van der Waals surface area contributed by atoms with E-state index < -0.39 is 11.7 Å². The monoisotopic (exact) mass is 241 g/mol. The summed E-state index contributed by atoms with van der Waals surface area (Å²) in [7, 11) is 0. The molecule has 0 fully saturated rings. The summed E-state index contributed by atoms with van der Waals surface area (Å²) < 4.78 is 10.0. The quantitative estimate of drug-likeness (QED) is 0.841. The van der Waals surface area contributed by atoms with Gasteiger partial charge in [0.05, 0.1) is 25.2 Å². The Morgan fingerprint density at radius 1 is 1.59 bits per heavy atom. The molecule has 1 heterocycles. The van der Waals surface area contributed by atoms with Crippen molar-refractivity contribution in [3.8, 4) is 0 Å². The molecule has 1 aromatic heterocycles. The van der Waals surface area contributed by atoms with Crippen molar-refractivity contribution in [3.63, 3.8) is 0 Å². The van der Waals surface area contributed by atoms with Crippen LogP contribution >= 0.6 is 0 Å². The van der Waals surface area contributed by atoms with E-state index in [1.54, 1.807) is 39.4 Å². The standard InChI is InChI=1S/C12H19NO4/c1-12(2,3)17-11(15)13-10(7-14)6-9-4-5-16-8-9/h4-5,8,10,14H,6-7H2,1-3H3,(H,13,15). The average Bonchev–Trinajstić information content (AvgIpc) is 2.66. The summed E-state index contributed by atoms with van der Waals surface area (Å²) >= 11 is 0. The minimum Gasteiger partial charge on any atom is -0.472 e. The summed E-state index contributed by atoms with van der Waals surface area (Å²) in [5.74, 6) is 0. The number of aliphatic hydroxyl groups excluding tert-OH is 1. The molecular weight excluding hydrogens is 222 g/mol. The van der Waals surface area contributed by atoms with Crippen LogP contribution in [0.25, 0.3) is 0 Å². The molecule has 1 aromatic rings. The smallest absolute Gasteiger partial charge is 0.407 e. The summed E-state index contributed by atoms with van der Waals surface area (Å²) in [4.78, 5) is 11.5. The Morgan fingerprint density at radius 3 is 2.76 bits per heavy atom. The van der Waals surface area contributed by atoms with Gasteiger partial charge in [-0.2, -0.15) is 0 Å². The Balaban J connectivity index is 2.44. The van der Waals surface area contributed by atoms with Crippen molar-refractivity contribution in [1.82, 2.24) is 5.32 Å². The van der Waals surface area contributed by atoms with Crippen LogP contribution in [-0.4, -0.2) is 29.4 Å². The number of amides is 1. The third-order valence-electron chi connectivity index (χ3n) is 2.00. The van der Waals surface area contributed by atoms with Crippen LogP contribution in [0.2, 0.25) is 0 Å². The number of rotatable bonds is 4. The van der Waals surface area contributed by atoms with E-state index in [1.165, 1.54) is 0 Å². The van der Waals surface area contributed by atoms with Gasteiger partial charge in [0.1, 0.15) is 5.60 Å². The summed E-state index contributed by atoms with van der Waals surface area (Å²) in [6.07, 6.45) is 3.11. The highest BCUT2D eigenvalue weighted by Gasteiger charge is 2.19. The Morgan fingerprint density at radius 2 is 2.29 bits per heavy atom. The van der Waals surface area contributed by atoms with E-state index in [9.17, 15) is 9.90 Å². The van der Waals surface area contributed by atoms with Crippen LogP contribution in [0.5, 0.6) is 0 Å². The van der Waals surface area contributed by atoms with Crippen LogP contribution in [0.15, 0.2) is 23.0 Å². The molecule has 1 amide bonds. The number of alkyl carbamates (subject to hydrolysis) is 1. The number of nitrogens with one attached hydrogen (secondary N) is 1. The maximum absolute atomic E-state index is 11.5. The first kappa shape index (κ1) is 13.6. The van der Waals surface area contributed by atoms with E-state index in [0.717, 1.165) is 5.56 Å². The number of carbonyl (C=O) groups is 1. The van der Waals surface area contributed by atoms with Crippen LogP contribution in [0, 0.1) is 0 Å². The molecule has 1 atom stereocenters. The molecule has 0 spiro atoms. The van der Waals surface area contributed by atoms with Gasteiger partial charge in [0.2, 0.25) is 0 Å². The Labute approximate surface area is 101 Å². The lowest BCUT2D eigenvalue weighted by atomic mass is 10.1. The number of furan rings is 1. The second-order valence-corrected chi connectivity index (χ2v) is 4.86. The molecule has 0 aliphatic heterocycles. The fourth-order valence-corrected chi connectivity index (χ4v) is 1.33. The largest absolute Gasteiger partial charge is 0.472 e. The summed E-state index contributed by atoms with van der Waals surface area (Å²) in [6.45, 7) is 5.22. The van der Waals surface area contributed by atoms with E-state index in [0.29, 0.717) is 6.42 Å². The molecule has 0 aliphatic carbocycles. The van der Waals surface area contributed by atoms with Crippen molar-refractivity contribution in [2.24, 2.45) is 0 Å². The number of hydrogen-bond acceptors (Lipinski definition) is 4. The molecule has 5 nitrogen and oxygen atoms in total. The third-order valence-corrected chi connectivity index (χ3v) is 2.00. The molecule has 5 heteroatoms. The molecule has 2 N–H and O–H groups in total. The molecule has 1 rings (SSSR count). The molecule has 0 aromatic carbocycles. The normalized spacial score (nSPS) is 13.2. The molecule has 0 bridgehead atoms. The van der Waals surface area contributed by atoms with Crippen molar-refractivity contribution in [3.05, 3.63) is 24.2 Å². The van der Waals surface area contributed by atoms with Gasteiger partial charge in [-0.1, -0.05) is 0 Å². The van der Waals surface area contributed by atoms with Gasteiger partial charge < -0.3 is 19.6 Å². The van der Waals surface area contributed by atoms with Crippen molar-refractivity contribution in [2.45, 2.75) is 38.8 Å². The minimum atomic E-state index is -0.542. The van der Waals surface area contributed by atoms with Gasteiger partial charge in [0.25, 0.3) is 0 Å². The summed E-state index contributed by atoms with van der Waals surface area (Å²) in [5, 5.41) is 11.8. The van der Waals surface area contributed by atoms with Gasteiger partial charge in [0.15, 0.2) is 0 Å². The van der Waals surface area contributed by atoms with Gasteiger partial charge in [-0.05, 0) is 38.8 Å². The Kier molecular flexibility index (Phi) is 4.57. The minimum absolute atomic E-state index is 0.148. The van der Waals surface area contributed by atoms with Crippen molar-refractivity contribution in [2.75, 3.05) is 6.61 Å². The van der Waals surface area contributed by atoms with Gasteiger partial charge in [0, 0.05) is 0 Å². The SMILES string of the molecule is CC(C)(C)OC(=O)NC(CO)Cc1ccoc1. The summed E-state index contributed by atoms with van der Waals surface area (Å²) in [5.41, 5.74) is 0.375. The van der Waals surface area contributed by atoms with Crippen LogP contribution in [0.1, 0.15) is 26.3 Å². The maximum Gasteiger partial charge on any atom is 0.407 e. The fraction of sp³-hybridized carbons (Fsp3) is 0.583. The first-order valence-electron chi connectivity index (χ1n) is 5.52. The molecule has 0 saturated heterocycles. The number of carbonyl (C=O) groups excluding carboxylic acids is 1. The molecular formula is C12H19NO4. The van der Waals surface area contributed by atoms with Crippen LogP contribution in [-0.2, 0) is 11.2 Å². The first-order chi connectivity index (χ1) is 7.90. The lowest BCUT2D eigenvalue weighted by Crippen LogP contribution is -2.42. The molecule has 0 radical (unpaired) electrons. The first-order valence-corrected chi connectivity index (χ1v) is 5.52. The number of hydrogen-bond donors (Lipinski definition) is 2. The predicted molar refractivity (Wildman–Crippen MR) is 62.7 cm³/mol. The molecule has 0 saturated carbocycles. The van der Waals surface area contributed by atoms with Crippen LogP contribution in [0.4, 0.5) is 4.79 Å². The lowest BCUT2D eigenvalue weighted by Gasteiger charge is -2.22. The Hall–Kier alpha value is -1.49. The molecule has 17 heavy (non-hydrogen) atoms. The molecule has 1 unspecified atom stereocenters. The predicted octanol–water partition coefficient (Wildman–Crippen LogP) is 1.71. The number of ether oxygens (including phenoxy) is 1. The van der Waals surface area contributed by atoms with E-state index in [4.69, 9.17) is 9.15 Å². The van der Waals surface area contributed by atoms with Crippen LogP contribution < -0.4 is 5.32 Å².